The third kappa shape index (κ3) is 3.49. The van der Waals surface area contributed by atoms with Crippen molar-refractivity contribution in [2.75, 3.05) is 4.55 Å². The third-order valence-corrected chi connectivity index (χ3v) is 1.18. The van der Waals surface area contributed by atoms with Gasteiger partial charge in [0.25, 0.3) is 0 Å². The van der Waals surface area contributed by atoms with Gasteiger partial charge in [-0.3, -0.25) is 4.79 Å². The molecule has 0 aliphatic heterocycles. The molecule has 0 spiro atoms. The van der Waals surface area contributed by atoms with Crippen LogP contribution >= 0.6 is 34.2 Å². The van der Waals surface area contributed by atoms with Crippen LogP contribution in [-0.2, 0) is 4.79 Å². The van der Waals surface area contributed by atoms with E-state index in [1.165, 1.54) is 0 Å². The van der Waals surface area contributed by atoms with Crippen molar-refractivity contribution in [2.24, 2.45) is 0 Å². The molecule has 2 nitrogen and oxygen atoms in total. The zero-order chi connectivity index (χ0) is 6.57. The van der Waals surface area contributed by atoms with E-state index in [2.05, 4.69) is 5.32 Å². The molecule has 0 fully saturated rings. The normalized spacial score (nSPS) is 12.9. The molecule has 1 amide bonds. The van der Waals surface area contributed by atoms with Crippen LogP contribution in [0.3, 0.4) is 0 Å². The Balaban J connectivity index is 3.33. The zero-order valence-electron chi connectivity index (χ0n) is 4.45. The van der Waals surface area contributed by atoms with E-state index in [1.807, 2.05) is 22.6 Å². The molecule has 0 aromatic rings. The minimum Gasteiger partial charge on any atom is -0.346 e. The lowest BCUT2D eigenvalue weighted by molar-refractivity contribution is -0.120. The van der Waals surface area contributed by atoms with Gasteiger partial charge in [0.2, 0.25) is 5.91 Å². The van der Waals surface area contributed by atoms with Crippen molar-refractivity contribution in [3.63, 3.8) is 0 Å². The Morgan fingerprint density at radius 1 is 2.00 bits per heavy atom. The molecule has 0 bridgehead atoms. The maximum absolute atomic E-state index is 10.5. The first kappa shape index (κ1) is 8.49. The summed E-state index contributed by atoms with van der Waals surface area (Å²) in [5.41, 5.74) is 0. The molecule has 1 N–H and O–H groups in total. The highest BCUT2D eigenvalue weighted by atomic mass is 127. The fourth-order valence-corrected chi connectivity index (χ4v) is 0.660. The van der Waals surface area contributed by atoms with Crippen molar-refractivity contribution in [3.8, 4) is 0 Å². The fraction of sp³-hybridized carbons (Fsp3) is 0.750. The van der Waals surface area contributed by atoms with E-state index in [0.29, 0.717) is 4.55 Å². The molecule has 0 aromatic heterocycles. The number of rotatable bonds is 2. The third-order valence-electron chi connectivity index (χ3n) is 0.602. The minimum atomic E-state index is -0.412. The van der Waals surface area contributed by atoms with Crippen LogP contribution in [0.1, 0.15) is 6.92 Å². The Labute approximate surface area is 67.1 Å². The van der Waals surface area contributed by atoms with Crippen molar-refractivity contribution in [1.82, 2.24) is 5.32 Å². The first-order chi connectivity index (χ1) is 3.68. The predicted molar refractivity (Wildman–Crippen MR) is 42.3 cm³/mol. The van der Waals surface area contributed by atoms with Gasteiger partial charge in [0.15, 0.2) is 0 Å². The highest BCUT2D eigenvalue weighted by molar-refractivity contribution is 14.1. The quantitative estimate of drug-likeness (QED) is 0.442. The molecule has 0 radical (unpaired) electrons. The Kier molecular flexibility index (Phi) is 4.64. The number of carbonyl (C=O) groups excluding carboxylic acids is 1. The van der Waals surface area contributed by atoms with Gasteiger partial charge in [0.1, 0.15) is 5.38 Å². The largest absolute Gasteiger partial charge is 0.346 e. The molecule has 8 heavy (non-hydrogen) atoms. The summed E-state index contributed by atoms with van der Waals surface area (Å²) in [5.74, 6) is -0.110. The van der Waals surface area contributed by atoms with Crippen molar-refractivity contribution in [3.05, 3.63) is 0 Å². The number of amides is 1. The van der Waals surface area contributed by atoms with Crippen LogP contribution in [0.5, 0.6) is 0 Å². The van der Waals surface area contributed by atoms with Crippen LogP contribution in [0, 0.1) is 0 Å². The summed E-state index contributed by atoms with van der Waals surface area (Å²) in [5, 5.41) is 2.15. The van der Waals surface area contributed by atoms with Crippen molar-refractivity contribution in [1.29, 1.82) is 0 Å². The number of alkyl halides is 2. The standard InChI is InChI=1S/C4H7ClINO/c1-3(5)4(8)7-2-6/h3H,2H2,1H3,(H,7,8). The average molecular weight is 247 g/mol. The molecular weight excluding hydrogens is 240 g/mol. The summed E-state index contributed by atoms with van der Waals surface area (Å²) in [4.78, 5) is 10.5. The van der Waals surface area contributed by atoms with E-state index < -0.39 is 5.38 Å². The number of nitrogens with one attached hydrogen (secondary N) is 1. The molecule has 1 atom stereocenters. The van der Waals surface area contributed by atoms with Gasteiger partial charge in [0.05, 0.1) is 4.55 Å². The van der Waals surface area contributed by atoms with Gasteiger partial charge in [-0.1, -0.05) is 22.6 Å². The number of halogens is 2. The van der Waals surface area contributed by atoms with Gasteiger partial charge in [-0.2, -0.15) is 0 Å². The second kappa shape index (κ2) is 4.38. The smallest absolute Gasteiger partial charge is 0.238 e. The van der Waals surface area contributed by atoms with Gasteiger partial charge < -0.3 is 5.32 Å². The summed E-state index contributed by atoms with van der Waals surface area (Å²) >= 11 is 7.44. The second-order valence-corrected chi connectivity index (χ2v) is 2.71. The zero-order valence-corrected chi connectivity index (χ0v) is 7.36. The predicted octanol–water partition coefficient (Wildman–Crippen LogP) is 1.12. The van der Waals surface area contributed by atoms with E-state index in [-0.39, 0.29) is 5.91 Å². The van der Waals surface area contributed by atoms with E-state index in [4.69, 9.17) is 11.6 Å². The molecule has 0 saturated carbocycles. The summed E-state index contributed by atoms with van der Waals surface area (Å²) in [6, 6.07) is 0. The van der Waals surface area contributed by atoms with Crippen molar-refractivity contribution < 1.29 is 4.79 Å². The van der Waals surface area contributed by atoms with Gasteiger partial charge in [-0.25, -0.2) is 0 Å². The maximum atomic E-state index is 10.5. The first-order valence-corrected chi connectivity index (χ1v) is 4.12. The van der Waals surface area contributed by atoms with Gasteiger partial charge >= 0.3 is 0 Å². The SMILES string of the molecule is CC(Cl)C(=O)NCI. The Hall–Kier alpha value is 0.490. The lowest BCUT2D eigenvalue weighted by Crippen LogP contribution is -2.27. The molecule has 0 rings (SSSR count). The van der Waals surface area contributed by atoms with Crippen molar-refractivity contribution in [2.45, 2.75) is 12.3 Å². The number of hydrogen-bond donors (Lipinski definition) is 1. The first-order valence-electron chi connectivity index (χ1n) is 2.16. The van der Waals surface area contributed by atoms with Crippen LogP contribution in [-0.4, -0.2) is 15.8 Å². The molecule has 48 valence electrons. The fourth-order valence-electron chi connectivity index (χ4n) is 0.206. The molecule has 0 aromatic carbocycles. The van der Waals surface area contributed by atoms with Gasteiger partial charge in [-0.05, 0) is 6.92 Å². The van der Waals surface area contributed by atoms with Crippen LogP contribution in [0.4, 0.5) is 0 Å². The maximum Gasteiger partial charge on any atom is 0.238 e. The van der Waals surface area contributed by atoms with E-state index >= 15 is 0 Å². The topological polar surface area (TPSA) is 29.1 Å². The van der Waals surface area contributed by atoms with Gasteiger partial charge in [0, 0.05) is 0 Å². The van der Waals surface area contributed by atoms with E-state index in [1.54, 1.807) is 6.92 Å². The molecule has 4 heteroatoms. The highest BCUT2D eigenvalue weighted by Gasteiger charge is 2.05. The van der Waals surface area contributed by atoms with Crippen LogP contribution in [0.2, 0.25) is 0 Å². The Morgan fingerprint density at radius 2 is 2.50 bits per heavy atom. The molecule has 0 aliphatic rings. The lowest BCUT2D eigenvalue weighted by atomic mass is 10.4. The average Bonchev–Trinajstić information content (AvgIpc) is 1.67. The minimum absolute atomic E-state index is 0.110. The summed E-state index contributed by atoms with van der Waals surface area (Å²) in [7, 11) is 0. The van der Waals surface area contributed by atoms with Crippen LogP contribution in [0.15, 0.2) is 0 Å². The lowest BCUT2D eigenvalue weighted by Gasteiger charge is -1.99. The molecular formula is C4H7ClINO. The molecule has 0 heterocycles. The second-order valence-electron chi connectivity index (χ2n) is 1.29. The number of carbonyl (C=O) groups is 1. The monoisotopic (exact) mass is 247 g/mol. The Bertz CT molecular complexity index is 86.1. The summed E-state index contributed by atoms with van der Waals surface area (Å²) < 4.78 is 0.619. The van der Waals surface area contributed by atoms with E-state index in [0.717, 1.165) is 0 Å². The Morgan fingerprint density at radius 3 is 2.62 bits per heavy atom. The number of hydrogen-bond acceptors (Lipinski definition) is 1. The van der Waals surface area contributed by atoms with Gasteiger partial charge in [-0.15, -0.1) is 11.6 Å². The van der Waals surface area contributed by atoms with Crippen LogP contribution < -0.4 is 5.32 Å². The molecule has 1 unspecified atom stereocenters. The van der Waals surface area contributed by atoms with Crippen molar-refractivity contribution >= 4 is 40.1 Å². The highest BCUT2D eigenvalue weighted by Crippen LogP contribution is 1.91. The van der Waals surface area contributed by atoms with Crippen LogP contribution in [0.25, 0.3) is 0 Å². The summed E-state index contributed by atoms with van der Waals surface area (Å²) in [6.45, 7) is 1.64. The molecule has 0 saturated heterocycles. The summed E-state index contributed by atoms with van der Waals surface area (Å²) in [6.07, 6.45) is 0. The molecule has 0 aliphatic carbocycles. The van der Waals surface area contributed by atoms with E-state index in [9.17, 15) is 4.79 Å².